The number of nitrogens with zero attached hydrogens (tertiary/aromatic N) is 2. The van der Waals surface area contributed by atoms with Gasteiger partial charge in [0, 0.05) is 10.7 Å². The monoisotopic (exact) mass is 452 g/mol. The third-order valence-electron chi connectivity index (χ3n) is 3.83. The van der Waals surface area contributed by atoms with Crippen LogP contribution < -0.4 is 0 Å². The van der Waals surface area contributed by atoms with Crippen LogP contribution in [-0.4, -0.2) is 48.8 Å². The Morgan fingerprint density at radius 3 is 2.54 bits per heavy atom. The molecule has 0 radical (unpaired) electrons. The van der Waals surface area contributed by atoms with Gasteiger partial charge in [-0.15, -0.1) is 0 Å². The minimum absolute atomic E-state index is 0.154. The second kappa shape index (κ2) is 6.48. The van der Waals surface area contributed by atoms with Gasteiger partial charge in [0.1, 0.15) is 11.9 Å². The Kier molecular flexibility index (Phi) is 4.76. The van der Waals surface area contributed by atoms with E-state index in [-0.39, 0.29) is 10.7 Å². The average Bonchev–Trinajstić information content (AvgIpc) is 2.86. The predicted molar refractivity (Wildman–Crippen MR) is 89.8 cm³/mol. The van der Waals surface area contributed by atoms with Gasteiger partial charge in [0.15, 0.2) is 0 Å². The number of hydrogen-bond donors (Lipinski definition) is 1. The summed E-state index contributed by atoms with van der Waals surface area (Å²) in [5, 5.41) is 10.2. The molecule has 0 saturated carbocycles. The molecule has 1 aromatic rings. The number of aliphatic imine (C=N–C) groups is 1. The molecule has 2 aliphatic heterocycles. The van der Waals surface area contributed by atoms with Crippen molar-refractivity contribution in [1.29, 1.82) is 0 Å². The highest BCUT2D eigenvalue weighted by Crippen LogP contribution is 2.42. The fraction of sp³-hybridized carbons (Fsp3) is 0.267. The maximum Gasteiger partial charge on any atom is 0.440 e. The number of hydrogen-bond acceptors (Lipinski definition) is 6. The van der Waals surface area contributed by atoms with Crippen LogP contribution in [0.2, 0.25) is 0 Å². The van der Waals surface area contributed by atoms with Crippen LogP contribution in [0, 0.1) is 0 Å². The lowest BCUT2D eigenvalue weighted by Crippen LogP contribution is -2.56. The molecule has 0 bridgehead atoms. The zero-order valence-electron chi connectivity index (χ0n) is 12.9. The Morgan fingerprint density at radius 2 is 1.92 bits per heavy atom. The lowest BCUT2D eigenvalue weighted by molar-refractivity contribution is -0.268. The lowest BCUT2D eigenvalue weighted by Gasteiger charge is -2.33. The number of halogens is 4. The second-order valence-corrected chi connectivity index (χ2v) is 8.05. The Labute approximate surface area is 155 Å². The Hall–Kier alpha value is -1.69. The van der Waals surface area contributed by atoms with Crippen molar-refractivity contribution in [1.82, 2.24) is 4.90 Å². The molecule has 0 spiro atoms. The topological polar surface area (TPSA) is 79.2 Å². The number of rotatable bonds is 4. The first kappa shape index (κ1) is 19.1. The summed E-state index contributed by atoms with van der Waals surface area (Å²) in [4.78, 5) is 4.17. The van der Waals surface area contributed by atoms with Gasteiger partial charge in [-0.2, -0.15) is 21.6 Å². The van der Waals surface area contributed by atoms with E-state index in [4.69, 9.17) is 4.18 Å². The molecule has 26 heavy (non-hydrogen) atoms. The van der Waals surface area contributed by atoms with Crippen LogP contribution in [0.4, 0.5) is 13.2 Å². The molecular formula is C15H12BrF3N2O4S. The minimum atomic E-state index is -5.13. The SMILES string of the molecule is O=S(=O)(OC[C@@H]1N2C=C(Br)C=CC2=N[C@@]1(O)C(F)(F)F)c1ccccc1. The molecular weight excluding hydrogens is 441 g/mol. The fourth-order valence-corrected chi connectivity index (χ4v) is 3.82. The highest BCUT2D eigenvalue weighted by Gasteiger charge is 2.64. The summed E-state index contributed by atoms with van der Waals surface area (Å²) in [6.07, 6.45) is -1.13. The summed E-state index contributed by atoms with van der Waals surface area (Å²) in [6, 6.07) is 5.18. The van der Waals surface area contributed by atoms with Gasteiger partial charge in [0.2, 0.25) is 0 Å². The van der Waals surface area contributed by atoms with Gasteiger partial charge >= 0.3 is 6.18 Å². The van der Waals surface area contributed by atoms with Crippen LogP contribution in [-0.2, 0) is 14.3 Å². The third kappa shape index (κ3) is 3.31. The van der Waals surface area contributed by atoms with Gasteiger partial charge in [-0.1, -0.05) is 18.2 Å². The van der Waals surface area contributed by atoms with E-state index >= 15 is 0 Å². The van der Waals surface area contributed by atoms with Crippen LogP contribution in [0.25, 0.3) is 0 Å². The molecule has 3 rings (SSSR count). The van der Waals surface area contributed by atoms with Crippen molar-refractivity contribution in [2.24, 2.45) is 4.99 Å². The number of fused-ring (bicyclic) bond motifs is 1. The van der Waals surface area contributed by atoms with Gasteiger partial charge in [-0.3, -0.25) is 4.18 Å². The standard InChI is InChI=1S/C15H12BrF3N2O4S/c16-10-6-7-13-20-14(22,15(17,18)19)12(21(13)8-10)9-25-26(23,24)11-4-2-1-3-5-11/h1-8,12,22H,9H2/t12-,14-/m0/s1. The molecule has 140 valence electrons. The molecule has 2 heterocycles. The Morgan fingerprint density at radius 1 is 1.27 bits per heavy atom. The van der Waals surface area contributed by atoms with E-state index in [0.29, 0.717) is 4.48 Å². The summed E-state index contributed by atoms with van der Waals surface area (Å²) in [5.74, 6) is -0.154. The van der Waals surface area contributed by atoms with Crippen LogP contribution in [0.5, 0.6) is 0 Å². The first-order chi connectivity index (χ1) is 12.0. The van der Waals surface area contributed by atoms with E-state index in [1.165, 1.54) is 42.6 Å². The normalized spacial score (nSPS) is 25.7. The summed E-state index contributed by atoms with van der Waals surface area (Å²) in [7, 11) is -4.30. The van der Waals surface area contributed by atoms with Crippen LogP contribution in [0.1, 0.15) is 0 Å². The van der Waals surface area contributed by atoms with E-state index in [0.717, 1.165) is 4.90 Å². The van der Waals surface area contributed by atoms with E-state index in [1.54, 1.807) is 6.07 Å². The lowest BCUT2D eigenvalue weighted by atomic mass is 10.1. The van der Waals surface area contributed by atoms with Crippen LogP contribution in [0.15, 0.2) is 63.1 Å². The first-order valence-electron chi connectivity index (χ1n) is 7.22. The van der Waals surface area contributed by atoms with Gasteiger partial charge in [-0.05, 0) is 40.2 Å². The molecule has 0 fully saturated rings. The highest BCUT2D eigenvalue weighted by atomic mass is 79.9. The summed E-state index contributed by atoms with van der Waals surface area (Å²) < 4.78 is 69.9. The fourth-order valence-electron chi connectivity index (χ4n) is 2.53. The Balaban J connectivity index is 1.90. The third-order valence-corrected chi connectivity index (χ3v) is 5.60. The van der Waals surface area contributed by atoms with E-state index in [2.05, 4.69) is 20.9 Å². The molecule has 2 aliphatic rings. The van der Waals surface area contributed by atoms with E-state index in [1.807, 2.05) is 0 Å². The van der Waals surface area contributed by atoms with Crippen molar-refractivity contribution in [3.05, 3.63) is 53.2 Å². The van der Waals surface area contributed by atoms with Crippen molar-refractivity contribution in [2.45, 2.75) is 22.8 Å². The summed E-state index contributed by atoms with van der Waals surface area (Å²) in [6.45, 7) is -0.954. The summed E-state index contributed by atoms with van der Waals surface area (Å²) >= 11 is 3.12. The summed E-state index contributed by atoms with van der Waals surface area (Å²) in [5.41, 5.74) is -3.51. The smallest absolute Gasteiger partial charge is 0.360 e. The zero-order valence-corrected chi connectivity index (χ0v) is 15.3. The molecule has 2 atom stereocenters. The number of aliphatic hydroxyl groups is 1. The molecule has 1 N–H and O–H groups in total. The molecule has 0 saturated heterocycles. The molecule has 11 heteroatoms. The van der Waals surface area contributed by atoms with Gasteiger partial charge in [-0.25, -0.2) is 4.99 Å². The van der Waals surface area contributed by atoms with Gasteiger partial charge in [0.05, 0.1) is 11.5 Å². The molecule has 0 aliphatic carbocycles. The predicted octanol–water partition coefficient (Wildman–Crippen LogP) is 2.53. The maximum absolute atomic E-state index is 13.4. The van der Waals surface area contributed by atoms with Crippen molar-refractivity contribution in [3.63, 3.8) is 0 Å². The molecule has 0 amide bonds. The van der Waals surface area contributed by atoms with Crippen LogP contribution >= 0.6 is 15.9 Å². The van der Waals surface area contributed by atoms with Gasteiger partial charge < -0.3 is 10.0 Å². The van der Waals surface area contributed by atoms with Crippen molar-refractivity contribution >= 4 is 31.9 Å². The van der Waals surface area contributed by atoms with Crippen LogP contribution in [0.3, 0.4) is 0 Å². The molecule has 6 nitrogen and oxygen atoms in total. The average molecular weight is 453 g/mol. The second-order valence-electron chi connectivity index (χ2n) is 5.52. The highest BCUT2D eigenvalue weighted by molar-refractivity contribution is 9.11. The van der Waals surface area contributed by atoms with E-state index in [9.17, 15) is 26.7 Å². The van der Waals surface area contributed by atoms with Crippen molar-refractivity contribution in [3.8, 4) is 0 Å². The molecule has 0 aromatic heterocycles. The van der Waals surface area contributed by atoms with E-state index < -0.39 is 34.7 Å². The number of benzene rings is 1. The number of allylic oxidation sites excluding steroid dienone is 2. The molecule has 1 aromatic carbocycles. The van der Waals surface area contributed by atoms with Gasteiger partial charge in [0.25, 0.3) is 15.8 Å². The quantitative estimate of drug-likeness (QED) is 0.710. The number of amidine groups is 1. The molecule has 0 unspecified atom stereocenters. The first-order valence-corrected chi connectivity index (χ1v) is 9.42. The number of alkyl halides is 3. The largest absolute Gasteiger partial charge is 0.440 e. The van der Waals surface area contributed by atoms with Crippen molar-refractivity contribution in [2.75, 3.05) is 6.61 Å². The van der Waals surface area contributed by atoms with Crippen molar-refractivity contribution < 1.29 is 30.9 Å². The maximum atomic E-state index is 13.4. The minimum Gasteiger partial charge on any atom is -0.360 e. The Bertz CT molecular complexity index is 899. The zero-order chi connectivity index (χ0) is 19.2.